The van der Waals surface area contributed by atoms with Crippen molar-refractivity contribution in [3.63, 3.8) is 0 Å². The van der Waals surface area contributed by atoms with E-state index in [0.717, 1.165) is 35.1 Å². The summed E-state index contributed by atoms with van der Waals surface area (Å²) in [5, 5.41) is 1.07. The molecule has 21 heavy (non-hydrogen) atoms. The van der Waals surface area contributed by atoms with Gasteiger partial charge in [-0.1, -0.05) is 6.92 Å². The van der Waals surface area contributed by atoms with Gasteiger partial charge in [0.15, 0.2) is 5.13 Å². The van der Waals surface area contributed by atoms with Gasteiger partial charge in [0.25, 0.3) is 0 Å². The van der Waals surface area contributed by atoms with E-state index in [1.807, 2.05) is 0 Å². The lowest BCUT2D eigenvalue weighted by Gasteiger charge is -2.32. The quantitative estimate of drug-likeness (QED) is 0.783. The van der Waals surface area contributed by atoms with Crippen LogP contribution in [0.3, 0.4) is 0 Å². The first kappa shape index (κ1) is 16.8. The van der Waals surface area contributed by atoms with Crippen molar-refractivity contribution in [1.82, 2.24) is 4.98 Å². The lowest BCUT2D eigenvalue weighted by Crippen LogP contribution is -2.41. The topological polar surface area (TPSA) is 34.6 Å². The predicted octanol–water partition coefficient (Wildman–Crippen LogP) is 2.85. The van der Waals surface area contributed by atoms with E-state index >= 15 is 0 Å². The highest BCUT2D eigenvalue weighted by atomic mass is 32.1. The number of hydrogen-bond acceptors (Lipinski definition) is 5. The third-order valence-corrected chi connectivity index (χ3v) is 5.73. The van der Waals surface area contributed by atoms with Crippen LogP contribution in [0.15, 0.2) is 0 Å². The number of hydrogen-bond donors (Lipinski definition) is 0. The van der Waals surface area contributed by atoms with Crippen LogP contribution in [0, 0.1) is 0 Å². The zero-order chi connectivity index (χ0) is 15.8. The van der Waals surface area contributed by atoms with Crippen molar-refractivity contribution in [3.8, 4) is 0 Å². The van der Waals surface area contributed by atoms with E-state index in [1.54, 1.807) is 11.3 Å². The van der Waals surface area contributed by atoms with Gasteiger partial charge in [0.2, 0.25) is 0 Å². The molecule has 0 aliphatic carbocycles. The molecule has 6 heteroatoms. The average Bonchev–Trinajstić information content (AvgIpc) is 2.91. The molecule has 2 heterocycles. The van der Waals surface area contributed by atoms with Crippen LogP contribution in [0.4, 0.5) is 5.13 Å². The van der Waals surface area contributed by atoms with Crippen molar-refractivity contribution in [2.45, 2.75) is 66.1 Å². The zero-order valence-electron chi connectivity index (χ0n) is 14.3. The second kappa shape index (κ2) is 5.90. The molecular weight excluding hydrogens is 283 g/mol. The molecule has 1 aromatic rings. The second-order valence-corrected chi connectivity index (χ2v) is 7.43. The largest absolute Gasteiger partial charge is 0.507 e. The number of nitrogens with zero attached hydrogens (tertiary/aromatic N) is 2. The standard InChI is InChI=1S/C15H27BN2O2S/c1-8-11-12(21-13(17-11)18(9-2)10-3)16-19-14(4,5)15(6,7)20-16/h8-10H2,1-7H3. The fourth-order valence-corrected chi connectivity index (χ4v) is 3.61. The van der Waals surface area contributed by atoms with E-state index < -0.39 is 0 Å². The Hall–Kier alpha value is -0.585. The first-order valence-corrected chi connectivity index (χ1v) is 8.67. The Labute approximate surface area is 133 Å². The maximum absolute atomic E-state index is 6.18. The number of thiazole rings is 1. The molecule has 2 rings (SSSR count). The van der Waals surface area contributed by atoms with Crippen LogP contribution < -0.4 is 9.68 Å². The highest BCUT2D eigenvalue weighted by Gasteiger charge is 2.53. The Balaban J connectivity index is 2.32. The van der Waals surface area contributed by atoms with Gasteiger partial charge in [0.05, 0.1) is 21.7 Å². The molecular formula is C15H27BN2O2S. The molecule has 0 N–H and O–H groups in total. The Morgan fingerprint density at radius 3 is 2.00 bits per heavy atom. The van der Waals surface area contributed by atoms with Crippen molar-refractivity contribution in [1.29, 1.82) is 0 Å². The number of anilines is 1. The molecule has 0 unspecified atom stereocenters. The molecule has 4 nitrogen and oxygen atoms in total. The Morgan fingerprint density at radius 1 is 1.05 bits per heavy atom. The van der Waals surface area contributed by atoms with Gasteiger partial charge in [0.1, 0.15) is 0 Å². The van der Waals surface area contributed by atoms with Crippen LogP contribution >= 0.6 is 11.3 Å². The molecule has 1 saturated heterocycles. The van der Waals surface area contributed by atoms with E-state index in [-0.39, 0.29) is 18.3 Å². The van der Waals surface area contributed by atoms with Crippen LogP contribution in [0.2, 0.25) is 0 Å². The molecule has 0 atom stereocenters. The van der Waals surface area contributed by atoms with Crippen molar-refractivity contribution >= 4 is 28.4 Å². The monoisotopic (exact) mass is 310 g/mol. The molecule has 1 fully saturated rings. The molecule has 118 valence electrons. The molecule has 0 amide bonds. The first-order valence-electron chi connectivity index (χ1n) is 7.85. The third kappa shape index (κ3) is 2.98. The molecule has 1 aliphatic rings. The predicted molar refractivity (Wildman–Crippen MR) is 90.8 cm³/mol. The van der Waals surface area contributed by atoms with Gasteiger partial charge in [-0.2, -0.15) is 0 Å². The summed E-state index contributed by atoms with van der Waals surface area (Å²) in [5.74, 6) is 0. The normalized spacial score (nSPS) is 20.0. The maximum atomic E-state index is 6.18. The molecule has 0 aromatic carbocycles. The minimum Gasteiger partial charge on any atom is -0.399 e. The second-order valence-electron chi connectivity index (χ2n) is 6.42. The summed E-state index contributed by atoms with van der Waals surface area (Å²) in [5.41, 5.74) is 0.491. The minimum absolute atomic E-state index is 0.299. The number of aromatic nitrogens is 1. The van der Waals surface area contributed by atoms with Gasteiger partial charge in [-0.05, 0) is 48.0 Å². The maximum Gasteiger partial charge on any atom is 0.507 e. The summed E-state index contributed by atoms with van der Waals surface area (Å²) in [7, 11) is -0.299. The Kier molecular flexibility index (Phi) is 4.71. The van der Waals surface area contributed by atoms with E-state index in [4.69, 9.17) is 14.3 Å². The van der Waals surface area contributed by atoms with Crippen LogP contribution in [0.1, 0.15) is 54.2 Å². The summed E-state index contributed by atoms with van der Waals surface area (Å²) in [4.78, 5) is 7.07. The lowest BCUT2D eigenvalue weighted by molar-refractivity contribution is 0.00578. The van der Waals surface area contributed by atoms with Crippen LogP contribution in [0.5, 0.6) is 0 Å². The van der Waals surface area contributed by atoms with Crippen molar-refractivity contribution in [2.75, 3.05) is 18.0 Å². The molecule has 0 spiro atoms. The lowest BCUT2D eigenvalue weighted by atomic mass is 9.86. The highest BCUT2D eigenvalue weighted by molar-refractivity contribution is 7.25. The fraction of sp³-hybridized carbons (Fsp3) is 0.800. The van der Waals surface area contributed by atoms with E-state index in [9.17, 15) is 0 Å². The smallest absolute Gasteiger partial charge is 0.399 e. The summed E-state index contributed by atoms with van der Waals surface area (Å²) in [6, 6.07) is 0. The molecule has 1 aliphatic heterocycles. The van der Waals surface area contributed by atoms with Gasteiger partial charge in [0, 0.05) is 13.1 Å². The Morgan fingerprint density at radius 2 is 1.57 bits per heavy atom. The van der Waals surface area contributed by atoms with Crippen LogP contribution in [-0.2, 0) is 15.7 Å². The van der Waals surface area contributed by atoms with Gasteiger partial charge >= 0.3 is 7.12 Å². The minimum atomic E-state index is -0.304. The van der Waals surface area contributed by atoms with Crippen molar-refractivity contribution in [2.24, 2.45) is 0 Å². The van der Waals surface area contributed by atoms with Gasteiger partial charge < -0.3 is 14.2 Å². The van der Waals surface area contributed by atoms with Crippen molar-refractivity contribution < 1.29 is 9.31 Å². The van der Waals surface area contributed by atoms with E-state index in [2.05, 4.69) is 53.4 Å². The van der Waals surface area contributed by atoms with Gasteiger partial charge in [-0.3, -0.25) is 0 Å². The first-order chi connectivity index (χ1) is 9.75. The van der Waals surface area contributed by atoms with Crippen molar-refractivity contribution in [3.05, 3.63) is 5.69 Å². The van der Waals surface area contributed by atoms with Crippen LogP contribution in [0.25, 0.3) is 0 Å². The SMILES string of the molecule is CCc1nc(N(CC)CC)sc1B1OC(C)(C)C(C)(C)O1. The molecule has 0 bridgehead atoms. The summed E-state index contributed by atoms with van der Waals surface area (Å²) in [6.45, 7) is 16.7. The third-order valence-electron chi connectivity index (χ3n) is 4.55. The Bertz CT molecular complexity index is 482. The molecule has 1 aromatic heterocycles. The summed E-state index contributed by atoms with van der Waals surface area (Å²) < 4.78 is 13.5. The van der Waals surface area contributed by atoms with Gasteiger partial charge in [-0.25, -0.2) is 4.98 Å². The molecule has 0 saturated carbocycles. The number of aryl methyl sites for hydroxylation is 1. The zero-order valence-corrected chi connectivity index (χ0v) is 15.1. The summed E-state index contributed by atoms with van der Waals surface area (Å²) in [6.07, 6.45) is 0.900. The summed E-state index contributed by atoms with van der Waals surface area (Å²) >= 11 is 1.70. The van der Waals surface area contributed by atoms with E-state index in [0.29, 0.717) is 0 Å². The number of rotatable bonds is 5. The molecule has 0 radical (unpaired) electrons. The van der Waals surface area contributed by atoms with Gasteiger partial charge in [-0.15, -0.1) is 11.3 Å². The fourth-order valence-electron chi connectivity index (χ4n) is 2.37. The highest BCUT2D eigenvalue weighted by Crippen LogP contribution is 2.37. The average molecular weight is 310 g/mol. The van der Waals surface area contributed by atoms with Crippen LogP contribution in [-0.4, -0.2) is 36.4 Å². The van der Waals surface area contributed by atoms with E-state index in [1.165, 1.54) is 0 Å².